The molecule has 140 valence electrons. The fourth-order valence-corrected chi connectivity index (χ4v) is 3.59. The minimum absolute atomic E-state index is 0.151. The van der Waals surface area contributed by atoms with Gasteiger partial charge >= 0.3 is 0 Å². The smallest absolute Gasteiger partial charge is 0.227 e. The van der Waals surface area contributed by atoms with E-state index in [1.165, 1.54) is 18.3 Å². The van der Waals surface area contributed by atoms with Crippen molar-refractivity contribution in [3.63, 3.8) is 0 Å². The number of aryl methyl sites for hydroxylation is 2. The van der Waals surface area contributed by atoms with Crippen molar-refractivity contribution in [1.82, 2.24) is 15.1 Å². The third-order valence-corrected chi connectivity index (χ3v) is 5.02. The van der Waals surface area contributed by atoms with E-state index < -0.39 is 0 Å². The molecule has 0 aliphatic rings. The maximum Gasteiger partial charge on any atom is 0.227 e. The Labute approximate surface area is 162 Å². The second-order valence-corrected chi connectivity index (χ2v) is 7.42. The lowest BCUT2D eigenvalue weighted by molar-refractivity contribution is -0.120. The summed E-state index contributed by atoms with van der Waals surface area (Å²) >= 11 is 1.51. The lowest BCUT2D eigenvalue weighted by Crippen LogP contribution is -2.29. The van der Waals surface area contributed by atoms with Gasteiger partial charge in [-0.25, -0.2) is 4.68 Å². The average molecular weight is 382 g/mol. The predicted octanol–water partition coefficient (Wildman–Crippen LogP) is 3.76. The predicted molar refractivity (Wildman–Crippen MR) is 107 cm³/mol. The highest BCUT2D eigenvalue weighted by molar-refractivity contribution is 7.10. The number of hydrogen-bond donors (Lipinski definition) is 2. The van der Waals surface area contributed by atoms with Crippen LogP contribution in [0.2, 0.25) is 0 Å². The molecular formula is C20H22N4O2S. The van der Waals surface area contributed by atoms with Crippen LogP contribution in [0.25, 0.3) is 5.69 Å². The van der Waals surface area contributed by atoms with Gasteiger partial charge in [0.15, 0.2) is 0 Å². The van der Waals surface area contributed by atoms with Crippen LogP contribution >= 0.6 is 11.3 Å². The Bertz CT molecular complexity index is 930. The number of benzene rings is 1. The van der Waals surface area contributed by atoms with Gasteiger partial charge in [-0.15, -0.1) is 11.3 Å². The quantitative estimate of drug-likeness (QED) is 0.682. The molecule has 0 saturated heterocycles. The van der Waals surface area contributed by atoms with E-state index in [-0.39, 0.29) is 24.3 Å². The first-order chi connectivity index (χ1) is 12.9. The number of nitrogens with zero attached hydrogens (tertiary/aromatic N) is 2. The Kier molecular flexibility index (Phi) is 5.71. The van der Waals surface area contributed by atoms with Crippen molar-refractivity contribution in [2.45, 2.75) is 33.2 Å². The van der Waals surface area contributed by atoms with Gasteiger partial charge in [-0.3, -0.25) is 9.59 Å². The van der Waals surface area contributed by atoms with Crippen LogP contribution in [0.4, 0.5) is 5.82 Å². The summed E-state index contributed by atoms with van der Waals surface area (Å²) in [6.07, 6.45) is 0.151. The van der Waals surface area contributed by atoms with Gasteiger partial charge in [0, 0.05) is 17.9 Å². The fourth-order valence-electron chi connectivity index (χ4n) is 2.81. The van der Waals surface area contributed by atoms with Crippen LogP contribution in [0.15, 0.2) is 47.8 Å². The molecule has 2 amide bonds. The number of nitrogens with one attached hydrogen (secondary N) is 2. The minimum atomic E-state index is -0.348. The number of thiophene rings is 1. The van der Waals surface area contributed by atoms with Gasteiger partial charge in [0.05, 0.1) is 23.8 Å². The SMILES string of the molecule is CC(=O)N[C@@H](CC(=O)Nc1cc(C)nn1-c1ccc(C)cc1)c1cccs1. The summed E-state index contributed by atoms with van der Waals surface area (Å²) in [5.74, 6) is 0.256. The number of rotatable bonds is 6. The van der Waals surface area contributed by atoms with Crippen LogP contribution in [0, 0.1) is 13.8 Å². The number of anilines is 1. The zero-order chi connectivity index (χ0) is 19.4. The molecule has 27 heavy (non-hydrogen) atoms. The molecule has 0 spiro atoms. The van der Waals surface area contributed by atoms with Crippen LogP contribution in [-0.2, 0) is 9.59 Å². The molecule has 6 nitrogen and oxygen atoms in total. The summed E-state index contributed by atoms with van der Waals surface area (Å²) in [7, 11) is 0. The summed E-state index contributed by atoms with van der Waals surface area (Å²) in [6, 6.07) is 13.2. The molecule has 0 bridgehead atoms. The molecule has 0 aliphatic carbocycles. The molecule has 0 fully saturated rings. The molecule has 3 rings (SSSR count). The third-order valence-electron chi connectivity index (χ3n) is 4.03. The largest absolute Gasteiger partial charge is 0.348 e. The summed E-state index contributed by atoms with van der Waals surface area (Å²) in [5.41, 5.74) is 2.84. The van der Waals surface area contributed by atoms with E-state index in [4.69, 9.17) is 0 Å². The lowest BCUT2D eigenvalue weighted by Gasteiger charge is -2.16. The van der Waals surface area contributed by atoms with Crippen molar-refractivity contribution in [2.75, 3.05) is 5.32 Å². The minimum Gasteiger partial charge on any atom is -0.348 e. The van der Waals surface area contributed by atoms with Crippen LogP contribution in [0.5, 0.6) is 0 Å². The lowest BCUT2D eigenvalue weighted by atomic mass is 10.1. The van der Waals surface area contributed by atoms with Gasteiger partial charge in [-0.05, 0) is 37.4 Å². The summed E-state index contributed by atoms with van der Waals surface area (Å²) in [4.78, 5) is 25.1. The first-order valence-electron chi connectivity index (χ1n) is 8.66. The third kappa shape index (κ3) is 4.83. The maximum atomic E-state index is 12.6. The Balaban J connectivity index is 1.77. The van der Waals surface area contributed by atoms with E-state index in [1.807, 2.05) is 61.7 Å². The first kappa shape index (κ1) is 18.8. The van der Waals surface area contributed by atoms with E-state index >= 15 is 0 Å². The molecule has 2 heterocycles. The molecule has 1 aromatic carbocycles. The zero-order valence-electron chi connectivity index (χ0n) is 15.5. The van der Waals surface area contributed by atoms with Gasteiger partial charge in [0.2, 0.25) is 11.8 Å². The topological polar surface area (TPSA) is 76.0 Å². The van der Waals surface area contributed by atoms with Crippen molar-refractivity contribution >= 4 is 29.0 Å². The van der Waals surface area contributed by atoms with Gasteiger partial charge in [0.25, 0.3) is 0 Å². The summed E-state index contributed by atoms with van der Waals surface area (Å²) < 4.78 is 1.71. The van der Waals surface area contributed by atoms with E-state index in [2.05, 4.69) is 15.7 Å². The van der Waals surface area contributed by atoms with Crippen molar-refractivity contribution in [3.05, 3.63) is 64.0 Å². The molecule has 7 heteroatoms. The number of carbonyl (C=O) groups is 2. The van der Waals surface area contributed by atoms with Crippen molar-refractivity contribution < 1.29 is 9.59 Å². The van der Waals surface area contributed by atoms with Crippen LogP contribution in [0.1, 0.15) is 35.5 Å². The molecule has 2 aromatic heterocycles. The van der Waals surface area contributed by atoms with E-state index in [9.17, 15) is 9.59 Å². The Hall–Kier alpha value is -2.93. The number of aromatic nitrogens is 2. The van der Waals surface area contributed by atoms with Crippen LogP contribution < -0.4 is 10.6 Å². The maximum absolute atomic E-state index is 12.6. The molecule has 3 aromatic rings. The van der Waals surface area contributed by atoms with Gasteiger partial charge in [0.1, 0.15) is 5.82 Å². The highest BCUT2D eigenvalue weighted by Crippen LogP contribution is 2.23. The molecule has 0 aliphatic heterocycles. The summed E-state index contributed by atoms with van der Waals surface area (Å²) in [6.45, 7) is 5.36. The number of carbonyl (C=O) groups excluding carboxylic acids is 2. The van der Waals surface area contributed by atoms with Gasteiger partial charge in [-0.2, -0.15) is 5.10 Å². The van der Waals surface area contributed by atoms with E-state index in [0.717, 1.165) is 21.8 Å². The van der Waals surface area contributed by atoms with Crippen LogP contribution in [0.3, 0.4) is 0 Å². The molecule has 0 unspecified atom stereocenters. The number of hydrogen-bond acceptors (Lipinski definition) is 4. The van der Waals surface area contributed by atoms with E-state index in [0.29, 0.717) is 5.82 Å². The van der Waals surface area contributed by atoms with Crippen molar-refractivity contribution in [2.24, 2.45) is 0 Å². The fraction of sp³-hybridized carbons (Fsp3) is 0.250. The highest BCUT2D eigenvalue weighted by Gasteiger charge is 2.19. The van der Waals surface area contributed by atoms with Crippen LogP contribution in [-0.4, -0.2) is 21.6 Å². The summed E-state index contributed by atoms with van der Waals surface area (Å²) in [5, 5.41) is 12.2. The normalized spacial score (nSPS) is 11.8. The van der Waals surface area contributed by atoms with Crippen molar-refractivity contribution in [3.8, 4) is 5.69 Å². The Morgan fingerprint density at radius 2 is 1.93 bits per heavy atom. The molecule has 0 saturated carbocycles. The Morgan fingerprint density at radius 1 is 1.19 bits per heavy atom. The molecule has 2 N–H and O–H groups in total. The number of amides is 2. The standard InChI is InChI=1S/C20H22N4O2S/c1-13-6-8-16(9-7-13)24-19(11-14(2)23-24)22-20(26)12-17(21-15(3)25)18-5-4-10-27-18/h4-11,17H,12H2,1-3H3,(H,21,25)(H,22,26)/t17-/m0/s1. The van der Waals surface area contributed by atoms with Gasteiger partial charge < -0.3 is 10.6 Å². The molecule has 1 atom stereocenters. The highest BCUT2D eigenvalue weighted by atomic mass is 32.1. The van der Waals surface area contributed by atoms with E-state index in [1.54, 1.807) is 4.68 Å². The molecular weight excluding hydrogens is 360 g/mol. The van der Waals surface area contributed by atoms with Gasteiger partial charge in [-0.1, -0.05) is 23.8 Å². The molecule has 0 radical (unpaired) electrons. The Morgan fingerprint density at radius 3 is 2.56 bits per heavy atom. The van der Waals surface area contributed by atoms with Crippen molar-refractivity contribution in [1.29, 1.82) is 0 Å². The first-order valence-corrected chi connectivity index (χ1v) is 9.54. The second kappa shape index (κ2) is 8.18. The zero-order valence-corrected chi connectivity index (χ0v) is 16.3. The average Bonchev–Trinajstić information content (AvgIpc) is 3.24. The monoisotopic (exact) mass is 382 g/mol. The second-order valence-electron chi connectivity index (χ2n) is 6.44.